The predicted molar refractivity (Wildman–Crippen MR) is 65.6 cm³/mol. The van der Waals surface area contributed by atoms with E-state index in [9.17, 15) is 4.79 Å². The molecular weight excluding hydrogens is 254 g/mol. The quantitative estimate of drug-likeness (QED) is 0.645. The van der Waals surface area contributed by atoms with Crippen LogP contribution in [-0.4, -0.2) is 24.1 Å². The van der Waals surface area contributed by atoms with Crippen LogP contribution in [0.5, 0.6) is 0 Å². The molecule has 0 aliphatic rings. The summed E-state index contributed by atoms with van der Waals surface area (Å²) >= 11 is 5.80. The first-order chi connectivity index (χ1) is 8.74. The minimum Gasteiger partial charge on any atom is -0.259 e. The van der Waals surface area contributed by atoms with Crippen LogP contribution in [0.25, 0.3) is 5.65 Å². The number of nitrogens with zero attached hydrogens (tertiary/aromatic N) is 5. The summed E-state index contributed by atoms with van der Waals surface area (Å²) in [6.07, 6.45) is 6.27. The van der Waals surface area contributed by atoms with Crippen LogP contribution in [0.1, 0.15) is 5.56 Å². The second-order valence-electron chi connectivity index (χ2n) is 3.73. The second kappa shape index (κ2) is 4.23. The van der Waals surface area contributed by atoms with E-state index in [0.717, 1.165) is 5.56 Å². The first kappa shape index (κ1) is 10.9. The van der Waals surface area contributed by atoms with Crippen molar-refractivity contribution in [3.8, 4) is 0 Å². The average molecular weight is 262 g/mol. The Hall–Kier alpha value is -2.21. The molecule has 0 unspecified atom stereocenters. The lowest BCUT2D eigenvalue weighted by Crippen LogP contribution is -2.21. The topological polar surface area (TPSA) is 65.1 Å². The van der Waals surface area contributed by atoms with Gasteiger partial charge in [0.05, 0.1) is 12.7 Å². The second-order valence-corrected chi connectivity index (χ2v) is 4.12. The van der Waals surface area contributed by atoms with Crippen LogP contribution in [0.15, 0.2) is 41.7 Å². The van der Waals surface area contributed by atoms with E-state index < -0.39 is 0 Å². The average Bonchev–Trinajstić information content (AvgIpc) is 2.67. The van der Waals surface area contributed by atoms with E-state index in [1.54, 1.807) is 30.7 Å². The Bertz CT molecular complexity index is 763. The van der Waals surface area contributed by atoms with Gasteiger partial charge in [-0.1, -0.05) is 11.6 Å². The molecule has 0 bridgehead atoms. The third-order valence-electron chi connectivity index (χ3n) is 2.51. The smallest absolute Gasteiger partial charge is 0.259 e. The number of fused-ring (bicyclic) bond motifs is 1. The van der Waals surface area contributed by atoms with E-state index in [0.29, 0.717) is 17.3 Å². The highest BCUT2D eigenvalue weighted by atomic mass is 35.5. The van der Waals surface area contributed by atoms with Crippen molar-refractivity contribution < 1.29 is 0 Å². The van der Waals surface area contributed by atoms with E-state index in [1.165, 1.54) is 15.3 Å². The molecule has 0 aromatic carbocycles. The molecule has 6 nitrogen and oxygen atoms in total. The van der Waals surface area contributed by atoms with E-state index in [4.69, 9.17) is 11.6 Å². The Balaban J connectivity index is 2.05. The first-order valence-electron chi connectivity index (χ1n) is 5.24. The third-order valence-corrected chi connectivity index (χ3v) is 2.72. The van der Waals surface area contributed by atoms with E-state index in [-0.39, 0.29) is 5.69 Å². The minimum absolute atomic E-state index is 0.208. The van der Waals surface area contributed by atoms with Crippen LogP contribution in [-0.2, 0) is 6.54 Å². The maximum absolute atomic E-state index is 12.0. The summed E-state index contributed by atoms with van der Waals surface area (Å²) in [6, 6.07) is 3.50. The molecule has 3 rings (SSSR count). The molecule has 3 aromatic heterocycles. The highest BCUT2D eigenvalue weighted by Crippen LogP contribution is 2.07. The van der Waals surface area contributed by atoms with Crippen molar-refractivity contribution in [2.45, 2.75) is 6.54 Å². The fourth-order valence-corrected chi connectivity index (χ4v) is 1.89. The van der Waals surface area contributed by atoms with Gasteiger partial charge in [0.2, 0.25) is 0 Å². The van der Waals surface area contributed by atoms with Gasteiger partial charge in [-0.2, -0.15) is 0 Å². The van der Waals surface area contributed by atoms with Gasteiger partial charge in [0.25, 0.3) is 0 Å². The van der Waals surface area contributed by atoms with Crippen LogP contribution >= 0.6 is 11.6 Å². The fraction of sp³-hybridized carbons (Fsp3) is 0.0909. The van der Waals surface area contributed by atoms with Gasteiger partial charge >= 0.3 is 5.69 Å². The van der Waals surface area contributed by atoms with Crippen LogP contribution in [0.2, 0.25) is 5.15 Å². The number of aromatic nitrogens is 5. The molecule has 0 aliphatic carbocycles. The zero-order chi connectivity index (χ0) is 12.5. The van der Waals surface area contributed by atoms with Gasteiger partial charge < -0.3 is 0 Å². The Labute approximate surface area is 106 Å². The molecule has 0 aliphatic heterocycles. The predicted octanol–water partition coefficient (Wildman–Crippen LogP) is 0.988. The van der Waals surface area contributed by atoms with Crippen molar-refractivity contribution in [2.75, 3.05) is 0 Å². The number of pyridine rings is 1. The molecule has 0 spiro atoms. The van der Waals surface area contributed by atoms with Crippen molar-refractivity contribution in [3.05, 3.63) is 58.1 Å². The molecule has 0 amide bonds. The molecule has 0 fully saturated rings. The number of rotatable bonds is 2. The molecule has 0 saturated heterocycles. The van der Waals surface area contributed by atoms with Gasteiger partial charge in [-0.25, -0.2) is 18.9 Å². The molecule has 18 heavy (non-hydrogen) atoms. The zero-order valence-electron chi connectivity index (χ0n) is 9.19. The minimum atomic E-state index is -0.208. The SMILES string of the molecule is O=c1n(Cc2ccnc(Cl)c2)nc2cnccn12. The third kappa shape index (κ3) is 1.86. The van der Waals surface area contributed by atoms with Gasteiger partial charge in [-0.15, -0.1) is 5.10 Å². The van der Waals surface area contributed by atoms with Gasteiger partial charge in [-0.3, -0.25) is 4.98 Å². The highest BCUT2D eigenvalue weighted by Gasteiger charge is 2.06. The maximum Gasteiger partial charge on any atom is 0.350 e. The normalized spacial score (nSPS) is 10.9. The standard InChI is InChI=1S/C11H8ClN5O/c12-9-5-8(1-2-14-9)7-17-11(18)16-4-3-13-6-10(16)15-17/h1-6H,7H2. The van der Waals surface area contributed by atoms with Crippen molar-refractivity contribution in [3.63, 3.8) is 0 Å². The fourth-order valence-electron chi connectivity index (χ4n) is 1.70. The highest BCUT2D eigenvalue weighted by molar-refractivity contribution is 6.29. The van der Waals surface area contributed by atoms with Gasteiger partial charge in [0.1, 0.15) is 5.15 Å². The van der Waals surface area contributed by atoms with E-state index >= 15 is 0 Å². The lowest BCUT2D eigenvalue weighted by Gasteiger charge is -1.99. The molecule has 3 heterocycles. The maximum atomic E-state index is 12.0. The van der Waals surface area contributed by atoms with Crippen LogP contribution in [0.4, 0.5) is 0 Å². The number of hydrogen-bond acceptors (Lipinski definition) is 4. The molecule has 0 saturated carbocycles. The number of halogens is 1. The van der Waals surface area contributed by atoms with Gasteiger partial charge in [-0.05, 0) is 17.7 Å². The van der Waals surface area contributed by atoms with Gasteiger partial charge in [0, 0.05) is 18.6 Å². The summed E-state index contributed by atoms with van der Waals surface area (Å²) < 4.78 is 2.80. The van der Waals surface area contributed by atoms with Crippen molar-refractivity contribution in [2.24, 2.45) is 0 Å². The largest absolute Gasteiger partial charge is 0.350 e. The molecule has 0 N–H and O–H groups in total. The monoisotopic (exact) mass is 261 g/mol. The molecule has 0 atom stereocenters. The zero-order valence-corrected chi connectivity index (χ0v) is 9.95. The van der Waals surface area contributed by atoms with Gasteiger partial charge in [0.15, 0.2) is 5.65 Å². The Morgan fingerprint density at radius 1 is 1.33 bits per heavy atom. The van der Waals surface area contributed by atoms with Crippen LogP contribution < -0.4 is 5.69 Å². The molecule has 90 valence electrons. The summed E-state index contributed by atoms with van der Waals surface area (Å²) in [5.74, 6) is 0. The summed E-state index contributed by atoms with van der Waals surface area (Å²) in [5.41, 5.74) is 1.18. The molecular formula is C11H8ClN5O. The summed E-state index contributed by atoms with van der Waals surface area (Å²) in [7, 11) is 0. The summed E-state index contributed by atoms with van der Waals surface area (Å²) in [4.78, 5) is 19.8. The van der Waals surface area contributed by atoms with Crippen LogP contribution in [0.3, 0.4) is 0 Å². The van der Waals surface area contributed by atoms with Crippen molar-refractivity contribution in [1.82, 2.24) is 24.1 Å². The summed E-state index contributed by atoms with van der Waals surface area (Å²) in [5, 5.41) is 4.57. The first-order valence-corrected chi connectivity index (χ1v) is 5.61. The van der Waals surface area contributed by atoms with E-state index in [2.05, 4.69) is 15.1 Å². The molecule has 3 aromatic rings. The number of hydrogen-bond donors (Lipinski definition) is 0. The molecule has 0 radical (unpaired) electrons. The Morgan fingerprint density at radius 3 is 3.00 bits per heavy atom. The van der Waals surface area contributed by atoms with E-state index in [1.807, 2.05) is 0 Å². The van der Waals surface area contributed by atoms with Crippen molar-refractivity contribution >= 4 is 17.2 Å². The lowest BCUT2D eigenvalue weighted by atomic mass is 10.3. The lowest BCUT2D eigenvalue weighted by molar-refractivity contribution is 0.658. The Kier molecular flexibility index (Phi) is 2.56. The summed E-state index contributed by atoms with van der Waals surface area (Å²) in [6.45, 7) is 0.350. The van der Waals surface area contributed by atoms with Crippen LogP contribution in [0, 0.1) is 0 Å². The Morgan fingerprint density at radius 2 is 2.22 bits per heavy atom. The van der Waals surface area contributed by atoms with Crippen molar-refractivity contribution in [1.29, 1.82) is 0 Å². The molecule has 7 heteroatoms.